The molecule has 0 spiro atoms. The zero-order chi connectivity index (χ0) is 59.8. The highest BCUT2D eigenvalue weighted by Crippen LogP contribution is 2.43. The van der Waals surface area contributed by atoms with E-state index < -0.39 is 20.0 Å². The first kappa shape index (κ1) is 80.2. The van der Waals surface area contributed by atoms with Gasteiger partial charge in [-0.1, -0.05) is 344 Å². The van der Waals surface area contributed by atoms with Gasteiger partial charge in [0.2, 0.25) is 5.91 Å². The summed E-state index contributed by atoms with van der Waals surface area (Å²) in [5.41, 5.74) is 0. The van der Waals surface area contributed by atoms with Gasteiger partial charge in [-0.15, -0.1) is 0 Å². The molecule has 0 fully saturated rings. The van der Waals surface area contributed by atoms with Crippen LogP contribution in [0.15, 0.2) is 60.8 Å². The number of rotatable bonds is 66. The lowest BCUT2D eigenvalue weighted by Gasteiger charge is -2.25. The van der Waals surface area contributed by atoms with Crippen LogP contribution in [0.25, 0.3) is 0 Å². The van der Waals surface area contributed by atoms with E-state index in [1.54, 1.807) is 6.08 Å². The first-order valence-corrected chi connectivity index (χ1v) is 37.2. The second-order valence-corrected chi connectivity index (χ2v) is 27.0. The molecule has 0 aromatic carbocycles. The zero-order valence-electron chi connectivity index (χ0n) is 55.2. The van der Waals surface area contributed by atoms with Crippen LogP contribution in [0.1, 0.15) is 348 Å². The molecule has 3 atom stereocenters. The van der Waals surface area contributed by atoms with Gasteiger partial charge in [-0.2, -0.15) is 0 Å². The summed E-state index contributed by atoms with van der Waals surface area (Å²) in [5.74, 6) is -0.170. The standard InChI is InChI=1S/C73H139N2O6P/c1-6-8-10-12-14-16-18-20-22-24-26-28-29-30-31-32-33-34-35-36-37-38-39-40-41-42-43-44-45-47-49-51-53-55-57-59-61-63-65-67-73(77)74-71(70-81-82(78,79)80-69-68-75(3,4)5)72(76)66-64-62-60-58-56-54-52-50-48-46-27-25-23-21-19-17-15-13-11-9-7-2/h8,10,14,16,20,22,26,28,64,66,71-72,76H,6-7,9,11-13,15,17-19,21,23-25,27,29-63,65,67-70H2,1-5H3,(H-,74,77,78,79)/p+1/b10-8-,16-14-,22-20-,28-26-,66-64+. The van der Waals surface area contributed by atoms with Crippen LogP contribution < -0.4 is 5.32 Å². The Morgan fingerprint density at radius 2 is 0.732 bits per heavy atom. The molecule has 0 saturated heterocycles. The molecule has 9 heteroatoms. The van der Waals surface area contributed by atoms with E-state index in [9.17, 15) is 19.4 Å². The van der Waals surface area contributed by atoms with Gasteiger partial charge in [-0.05, 0) is 57.8 Å². The average molecular weight is 1170 g/mol. The van der Waals surface area contributed by atoms with Crippen molar-refractivity contribution in [2.45, 2.75) is 360 Å². The number of phosphoric acid groups is 1. The third kappa shape index (κ3) is 65.7. The van der Waals surface area contributed by atoms with E-state index in [4.69, 9.17) is 9.05 Å². The summed E-state index contributed by atoms with van der Waals surface area (Å²) < 4.78 is 23.8. The summed E-state index contributed by atoms with van der Waals surface area (Å²) in [6.07, 6.45) is 88.1. The maximum absolute atomic E-state index is 13.1. The molecule has 0 rings (SSSR count). The van der Waals surface area contributed by atoms with E-state index in [0.717, 1.165) is 64.2 Å². The molecule has 0 aliphatic carbocycles. The molecule has 0 aromatic rings. The van der Waals surface area contributed by atoms with E-state index in [2.05, 4.69) is 67.8 Å². The third-order valence-electron chi connectivity index (χ3n) is 16.2. The SMILES string of the molecule is CC/C=C\C/C=C\C/C=C\C/C=C\CCCCCCCCCCCCCCCCCCCCCCCCCCCCC(=O)NC(COP(=O)(O)OCC[N+](C)(C)C)C(O)/C=C/CCCCCCCCCCCCCCCCCCCCC. The van der Waals surface area contributed by atoms with Crippen molar-refractivity contribution in [3.63, 3.8) is 0 Å². The predicted molar refractivity (Wildman–Crippen MR) is 360 cm³/mol. The number of hydrogen-bond donors (Lipinski definition) is 3. The Morgan fingerprint density at radius 3 is 1.07 bits per heavy atom. The Bertz CT molecular complexity index is 1520. The number of amides is 1. The van der Waals surface area contributed by atoms with Crippen molar-refractivity contribution in [3.8, 4) is 0 Å². The first-order chi connectivity index (χ1) is 40.0. The second-order valence-electron chi connectivity index (χ2n) is 25.6. The molecule has 482 valence electrons. The van der Waals surface area contributed by atoms with Gasteiger partial charge in [-0.3, -0.25) is 13.8 Å². The number of carbonyl (C=O) groups excluding carboxylic acids is 1. The van der Waals surface area contributed by atoms with Gasteiger partial charge >= 0.3 is 7.82 Å². The summed E-state index contributed by atoms with van der Waals surface area (Å²) in [5, 5.41) is 14.0. The molecule has 0 aromatic heterocycles. The number of allylic oxidation sites excluding steroid dienone is 9. The monoisotopic (exact) mass is 1170 g/mol. The van der Waals surface area contributed by atoms with E-state index in [1.165, 1.54) is 263 Å². The molecule has 3 N–H and O–H groups in total. The summed E-state index contributed by atoms with van der Waals surface area (Å²) in [6.45, 7) is 4.75. The van der Waals surface area contributed by atoms with Gasteiger partial charge in [-0.25, -0.2) is 4.57 Å². The van der Waals surface area contributed by atoms with E-state index in [0.29, 0.717) is 17.4 Å². The molecule has 0 bridgehead atoms. The Morgan fingerprint density at radius 1 is 0.427 bits per heavy atom. The fourth-order valence-corrected chi connectivity index (χ4v) is 11.5. The number of phosphoric ester groups is 1. The van der Waals surface area contributed by atoms with Gasteiger partial charge in [0.05, 0.1) is 39.9 Å². The zero-order valence-corrected chi connectivity index (χ0v) is 56.1. The number of aliphatic hydroxyl groups is 1. The van der Waals surface area contributed by atoms with Crippen molar-refractivity contribution in [2.24, 2.45) is 0 Å². The number of unbranched alkanes of at least 4 members (excludes halogenated alkanes) is 45. The Kier molecular flexibility index (Phi) is 62.3. The fraction of sp³-hybridized carbons (Fsp3) is 0.849. The van der Waals surface area contributed by atoms with Gasteiger partial charge in [0.1, 0.15) is 13.2 Å². The van der Waals surface area contributed by atoms with E-state index in [1.807, 2.05) is 27.2 Å². The quantitative estimate of drug-likeness (QED) is 0.0243. The molecule has 0 aliphatic rings. The van der Waals surface area contributed by atoms with Crippen LogP contribution >= 0.6 is 7.82 Å². The molecule has 0 saturated carbocycles. The summed E-state index contributed by atoms with van der Waals surface area (Å²) in [7, 11) is 1.59. The lowest BCUT2D eigenvalue weighted by atomic mass is 10.0. The summed E-state index contributed by atoms with van der Waals surface area (Å²) in [6, 6.07) is -0.847. The lowest BCUT2D eigenvalue weighted by molar-refractivity contribution is -0.870. The molecular formula is C73H140N2O6P+. The topological polar surface area (TPSA) is 105 Å². The minimum absolute atomic E-state index is 0.0632. The number of likely N-dealkylation sites (N-methyl/N-ethyl adjacent to an activating group) is 1. The third-order valence-corrected chi connectivity index (χ3v) is 17.2. The van der Waals surface area contributed by atoms with Crippen LogP contribution in [0, 0.1) is 0 Å². The molecular weight excluding hydrogens is 1030 g/mol. The first-order valence-electron chi connectivity index (χ1n) is 35.7. The minimum atomic E-state index is -4.35. The van der Waals surface area contributed by atoms with Crippen molar-refractivity contribution < 1.29 is 32.9 Å². The van der Waals surface area contributed by atoms with Crippen molar-refractivity contribution in [3.05, 3.63) is 60.8 Å². The molecule has 3 unspecified atom stereocenters. The van der Waals surface area contributed by atoms with E-state index in [-0.39, 0.29) is 19.1 Å². The second kappa shape index (κ2) is 63.7. The van der Waals surface area contributed by atoms with Crippen LogP contribution in [-0.2, 0) is 18.4 Å². The van der Waals surface area contributed by atoms with Crippen LogP contribution in [0.3, 0.4) is 0 Å². The number of hydrogen-bond acceptors (Lipinski definition) is 5. The molecule has 1 amide bonds. The van der Waals surface area contributed by atoms with Crippen LogP contribution in [-0.4, -0.2) is 73.4 Å². The van der Waals surface area contributed by atoms with Gasteiger partial charge in [0, 0.05) is 6.42 Å². The summed E-state index contributed by atoms with van der Waals surface area (Å²) >= 11 is 0. The maximum atomic E-state index is 13.1. The molecule has 0 radical (unpaired) electrons. The normalized spacial score (nSPS) is 14.0. The van der Waals surface area contributed by atoms with Crippen molar-refractivity contribution in [1.29, 1.82) is 0 Å². The molecule has 8 nitrogen and oxygen atoms in total. The number of quaternary nitrogens is 1. The lowest BCUT2D eigenvalue weighted by Crippen LogP contribution is -2.45. The Balaban J connectivity index is 3.94. The van der Waals surface area contributed by atoms with Crippen molar-refractivity contribution in [2.75, 3.05) is 40.9 Å². The van der Waals surface area contributed by atoms with E-state index >= 15 is 0 Å². The van der Waals surface area contributed by atoms with Crippen molar-refractivity contribution in [1.82, 2.24) is 5.32 Å². The van der Waals surface area contributed by atoms with Gasteiger partial charge in [0.25, 0.3) is 0 Å². The molecule has 0 heterocycles. The van der Waals surface area contributed by atoms with Gasteiger partial charge < -0.3 is 19.8 Å². The predicted octanol–water partition coefficient (Wildman–Crippen LogP) is 22.8. The highest BCUT2D eigenvalue weighted by molar-refractivity contribution is 7.47. The van der Waals surface area contributed by atoms with Crippen LogP contribution in [0.5, 0.6) is 0 Å². The fourth-order valence-electron chi connectivity index (χ4n) is 10.7. The highest BCUT2D eigenvalue weighted by atomic mass is 31.2. The maximum Gasteiger partial charge on any atom is 0.472 e. The molecule has 82 heavy (non-hydrogen) atoms. The largest absolute Gasteiger partial charge is 0.472 e. The smallest absolute Gasteiger partial charge is 0.387 e. The number of nitrogens with zero attached hydrogens (tertiary/aromatic N) is 1. The number of nitrogens with one attached hydrogen (secondary N) is 1. The van der Waals surface area contributed by atoms with Crippen LogP contribution in [0.4, 0.5) is 0 Å². The van der Waals surface area contributed by atoms with Gasteiger partial charge in [0.15, 0.2) is 0 Å². The number of carbonyl (C=O) groups is 1. The number of aliphatic hydroxyl groups excluding tert-OH is 1. The van der Waals surface area contributed by atoms with Crippen molar-refractivity contribution >= 4 is 13.7 Å². The minimum Gasteiger partial charge on any atom is -0.387 e. The average Bonchev–Trinajstić information content (AvgIpc) is 3.46. The Labute approximate surface area is 511 Å². The Hall–Kier alpha value is -1.80. The highest BCUT2D eigenvalue weighted by Gasteiger charge is 2.28. The van der Waals surface area contributed by atoms with Crippen LogP contribution in [0.2, 0.25) is 0 Å². The molecule has 0 aliphatic heterocycles. The summed E-state index contributed by atoms with van der Waals surface area (Å²) in [4.78, 5) is 23.4.